The van der Waals surface area contributed by atoms with E-state index in [4.69, 9.17) is 15.3 Å². The molecule has 0 heterocycles. The molecule has 0 radical (unpaired) electrons. The maximum Gasteiger partial charge on any atom is 0.160 e. The summed E-state index contributed by atoms with van der Waals surface area (Å²) in [7, 11) is 3.31. The summed E-state index contributed by atoms with van der Waals surface area (Å²) >= 11 is 0. The fourth-order valence-electron chi connectivity index (χ4n) is 2.63. The van der Waals surface area contributed by atoms with Gasteiger partial charge in [0.1, 0.15) is 0 Å². The highest BCUT2D eigenvalue weighted by Crippen LogP contribution is 2.32. The molecule has 2 rings (SSSR count). The number of hydrazine groups is 1. The van der Waals surface area contributed by atoms with Gasteiger partial charge in [0.05, 0.1) is 14.2 Å². The number of hydrogen-bond donors (Lipinski definition) is 2. The van der Waals surface area contributed by atoms with E-state index in [2.05, 4.69) is 11.5 Å². The number of rotatable bonds is 7. The van der Waals surface area contributed by atoms with E-state index in [1.165, 1.54) is 24.8 Å². The fraction of sp³-hybridized carbons (Fsp3) is 0.600. The van der Waals surface area contributed by atoms with Gasteiger partial charge in [-0.25, -0.2) is 0 Å². The van der Waals surface area contributed by atoms with Crippen LogP contribution in [0.4, 0.5) is 0 Å². The quantitative estimate of drug-likeness (QED) is 0.586. The van der Waals surface area contributed by atoms with Crippen molar-refractivity contribution in [3.8, 4) is 11.5 Å². The summed E-state index contributed by atoms with van der Waals surface area (Å²) in [5.74, 6) is 8.06. The van der Waals surface area contributed by atoms with E-state index in [-0.39, 0.29) is 0 Å². The first-order valence-corrected chi connectivity index (χ1v) is 6.93. The van der Waals surface area contributed by atoms with Crippen LogP contribution in [-0.2, 0) is 6.42 Å². The second-order valence-electron chi connectivity index (χ2n) is 5.29. The van der Waals surface area contributed by atoms with Crippen molar-refractivity contribution in [2.45, 2.75) is 38.1 Å². The molecule has 3 N–H and O–H groups in total. The Morgan fingerprint density at radius 3 is 2.53 bits per heavy atom. The van der Waals surface area contributed by atoms with E-state index in [1.807, 2.05) is 12.1 Å². The van der Waals surface area contributed by atoms with Crippen molar-refractivity contribution in [3.63, 3.8) is 0 Å². The van der Waals surface area contributed by atoms with Crippen molar-refractivity contribution in [1.29, 1.82) is 0 Å². The van der Waals surface area contributed by atoms with Crippen LogP contribution in [0.3, 0.4) is 0 Å². The zero-order chi connectivity index (χ0) is 13.7. The number of ether oxygens (including phenoxy) is 2. The van der Waals surface area contributed by atoms with Gasteiger partial charge in [-0.2, -0.15) is 0 Å². The van der Waals surface area contributed by atoms with E-state index in [0.717, 1.165) is 30.3 Å². The first kappa shape index (κ1) is 14.2. The zero-order valence-electron chi connectivity index (χ0n) is 11.8. The first-order valence-electron chi connectivity index (χ1n) is 6.93. The molecule has 4 nitrogen and oxygen atoms in total. The lowest BCUT2D eigenvalue weighted by molar-refractivity contribution is 0.259. The average Bonchev–Trinajstić information content (AvgIpc) is 2.41. The minimum atomic E-state index is 0.336. The lowest BCUT2D eigenvalue weighted by atomic mass is 9.80. The monoisotopic (exact) mass is 264 g/mol. The van der Waals surface area contributed by atoms with Crippen LogP contribution in [0.1, 0.15) is 31.2 Å². The Morgan fingerprint density at radius 1 is 1.26 bits per heavy atom. The minimum Gasteiger partial charge on any atom is -0.493 e. The van der Waals surface area contributed by atoms with Crippen molar-refractivity contribution in [3.05, 3.63) is 23.8 Å². The van der Waals surface area contributed by atoms with Gasteiger partial charge in [-0.3, -0.25) is 11.3 Å². The van der Waals surface area contributed by atoms with Gasteiger partial charge in [0.2, 0.25) is 0 Å². The first-order chi connectivity index (χ1) is 9.26. The van der Waals surface area contributed by atoms with Crippen LogP contribution in [0.15, 0.2) is 18.2 Å². The summed E-state index contributed by atoms with van der Waals surface area (Å²) in [4.78, 5) is 0. The van der Waals surface area contributed by atoms with Crippen LogP contribution in [0.5, 0.6) is 11.5 Å². The summed E-state index contributed by atoms with van der Waals surface area (Å²) < 4.78 is 10.6. The van der Waals surface area contributed by atoms with Crippen molar-refractivity contribution < 1.29 is 9.47 Å². The van der Waals surface area contributed by atoms with Crippen LogP contribution < -0.4 is 20.7 Å². The van der Waals surface area contributed by atoms with Gasteiger partial charge in [-0.1, -0.05) is 25.3 Å². The standard InChI is InChI=1S/C15H24N2O2/c1-18-14-7-6-12(10-15(14)19-2)9-13(17-16)8-11-4-3-5-11/h6-7,10-11,13,17H,3-5,8-9,16H2,1-2H3. The van der Waals surface area contributed by atoms with Crippen LogP contribution in [0.2, 0.25) is 0 Å². The third kappa shape index (κ3) is 3.61. The molecular weight excluding hydrogens is 240 g/mol. The summed E-state index contributed by atoms with van der Waals surface area (Å²) in [5, 5.41) is 0. The minimum absolute atomic E-state index is 0.336. The summed E-state index contributed by atoms with van der Waals surface area (Å²) in [5.41, 5.74) is 4.17. The summed E-state index contributed by atoms with van der Waals surface area (Å²) in [6.07, 6.45) is 6.16. The molecular formula is C15H24N2O2. The van der Waals surface area contributed by atoms with Crippen molar-refractivity contribution in [2.24, 2.45) is 11.8 Å². The molecule has 0 aliphatic heterocycles. The van der Waals surface area contributed by atoms with Crippen LogP contribution in [-0.4, -0.2) is 20.3 Å². The van der Waals surface area contributed by atoms with Crippen molar-refractivity contribution >= 4 is 0 Å². The third-order valence-corrected chi connectivity index (χ3v) is 4.01. The Balaban J connectivity index is 1.99. The molecule has 0 aromatic heterocycles. The SMILES string of the molecule is COc1ccc(CC(CC2CCC2)NN)cc1OC. The van der Waals surface area contributed by atoms with Gasteiger partial charge in [-0.15, -0.1) is 0 Å². The molecule has 0 spiro atoms. The van der Waals surface area contributed by atoms with Gasteiger partial charge in [0.15, 0.2) is 11.5 Å². The molecule has 1 atom stereocenters. The van der Waals surface area contributed by atoms with Gasteiger partial charge in [0.25, 0.3) is 0 Å². The molecule has 1 unspecified atom stereocenters. The predicted octanol–water partition coefficient (Wildman–Crippen LogP) is 2.27. The van der Waals surface area contributed by atoms with Crippen molar-refractivity contribution in [1.82, 2.24) is 5.43 Å². The summed E-state index contributed by atoms with van der Waals surface area (Å²) in [6.45, 7) is 0. The highest BCUT2D eigenvalue weighted by atomic mass is 16.5. The highest BCUT2D eigenvalue weighted by Gasteiger charge is 2.21. The fourth-order valence-corrected chi connectivity index (χ4v) is 2.63. The predicted molar refractivity (Wildman–Crippen MR) is 76.3 cm³/mol. The zero-order valence-corrected chi connectivity index (χ0v) is 11.8. The normalized spacial score (nSPS) is 16.8. The molecule has 1 aromatic carbocycles. The maximum absolute atomic E-state index is 5.67. The van der Waals surface area contributed by atoms with Gasteiger partial charge < -0.3 is 9.47 Å². The molecule has 0 bridgehead atoms. The topological polar surface area (TPSA) is 56.5 Å². The number of nitrogens with one attached hydrogen (secondary N) is 1. The second kappa shape index (κ2) is 6.78. The van der Waals surface area contributed by atoms with Gasteiger partial charge in [0, 0.05) is 6.04 Å². The molecule has 106 valence electrons. The molecule has 1 saturated carbocycles. The summed E-state index contributed by atoms with van der Waals surface area (Å²) in [6, 6.07) is 6.39. The molecule has 1 fully saturated rings. The van der Waals surface area contributed by atoms with E-state index in [1.54, 1.807) is 14.2 Å². The molecule has 0 amide bonds. The lowest BCUT2D eigenvalue weighted by Gasteiger charge is -2.29. The number of benzene rings is 1. The number of nitrogens with two attached hydrogens (primary N) is 1. The van der Waals surface area contributed by atoms with Crippen molar-refractivity contribution in [2.75, 3.05) is 14.2 Å². The van der Waals surface area contributed by atoms with Gasteiger partial charge >= 0.3 is 0 Å². The molecule has 1 aromatic rings. The van der Waals surface area contributed by atoms with E-state index in [0.29, 0.717) is 6.04 Å². The largest absolute Gasteiger partial charge is 0.493 e. The van der Waals surface area contributed by atoms with E-state index in [9.17, 15) is 0 Å². The average molecular weight is 264 g/mol. The Kier molecular flexibility index (Phi) is 5.05. The smallest absolute Gasteiger partial charge is 0.160 e. The third-order valence-electron chi connectivity index (χ3n) is 4.01. The van der Waals surface area contributed by atoms with E-state index >= 15 is 0 Å². The lowest BCUT2D eigenvalue weighted by Crippen LogP contribution is -2.39. The Hall–Kier alpha value is -1.26. The Morgan fingerprint density at radius 2 is 2.00 bits per heavy atom. The van der Waals surface area contributed by atoms with Crippen LogP contribution in [0, 0.1) is 5.92 Å². The second-order valence-corrected chi connectivity index (χ2v) is 5.29. The maximum atomic E-state index is 5.67. The molecule has 19 heavy (non-hydrogen) atoms. The molecule has 0 saturated heterocycles. The van der Waals surface area contributed by atoms with Gasteiger partial charge in [-0.05, 0) is 36.5 Å². The molecule has 1 aliphatic rings. The number of methoxy groups -OCH3 is 2. The molecule has 4 heteroatoms. The number of hydrogen-bond acceptors (Lipinski definition) is 4. The van der Waals surface area contributed by atoms with Crippen LogP contribution >= 0.6 is 0 Å². The Bertz CT molecular complexity index is 405. The highest BCUT2D eigenvalue weighted by molar-refractivity contribution is 5.43. The van der Waals surface area contributed by atoms with Crippen LogP contribution in [0.25, 0.3) is 0 Å². The Labute approximate surface area is 115 Å². The molecule has 1 aliphatic carbocycles. The van der Waals surface area contributed by atoms with E-state index < -0.39 is 0 Å².